The first kappa shape index (κ1) is 27.2. The Morgan fingerprint density at radius 1 is 1.00 bits per heavy atom. The highest BCUT2D eigenvalue weighted by molar-refractivity contribution is 5.84. The Morgan fingerprint density at radius 3 is 2.33 bits per heavy atom. The van der Waals surface area contributed by atoms with Gasteiger partial charge in [0.15, 0.2) is 0 Å². The van der Waals surface area contributed by atoms with Crippen molar-refractivity contribution in [2.24, 2.45) is 5.92 Å². The van der Waals surface area contributed by atoms with Crippen molar-refractivity contribution < 1.29 is 23.9 Å². The van der Waals surface area contributed by atoms with E-state index in [4.69, 9.17) is 4.74 Å². The average Bonchev–Trinajstić information content (AvgIpc) is 2.92. The molecule has 1 aliphatic heterocycles. The van der Waals surface area contributed by atoms with E-state index < -0.39 is 0 Å². The first-order valence-electron chi connectivity index (χ1n) is 12.9. The van der Waals surface area contributed by atoms with Gasteiger partial charge < -0.3 is 19.7 Å². The number of methoxy groups -OCH3 is 1. The van der Waals surface area contributed by atoms with Gasteiger partial charge in [-0.1, -0.05) is 55.8 Å². The Morgan fingerprint density at radius 2 is 1.69 bits per heavy atom. The molecule has 1 saturated heterocycles. The third-order valence-corrected chi connectivity index (χ3v) is 6.73. The van der Waals surface area contributed by atoms with E-state index in [-0.39, 0.29) is 42.6 Å². The van der Waals surface area contributed by atoms with Gasteiger partial charge in [-0.25, -0.2) is 0 Å². The average molecular weight is 495 g/mol. The number of hydrogen-bond acceptors (Lipinski definition) is 5. The van der Waals surface area contributed by atoms with E-state index in [2.05, 4.69) is 17.0 Å². The van der Waals surface area contributed by atoms with Gasteiger partial charge >= 0.3 is 5.97 Å². The summed E-state index contributed by atoms with van der Waals surface area (Å²) in [6.07, 6.45) is 4.15. The fourth-order valence-electron chi connectivity index (χ4n) is 4.62. The van der Waals surface area contributed by atoms with Gasteiger partial charge in [-0.05, 0) is 48.4 Å². The molecule has 2 aromatic rings. The molecule has 1 fully saturated rings. The van der Waals surface area contributed by atoms with Crippen LogP contribution in [0.1, 0.15) is 62.5 Å². The molecule has 1 aliphatic rings. The molecule has 0 bridgehead atoms. The number of benzene rings is 2. The van der Waals surface area contributed by atoms with Crippen molar-refractivity contribution in [2.75, 3.05) is 26.7 Å². The van der Waals surface area contributed by atoms with E-state index in [1.807, 2.05) is 59.5 Å². The molecule has 0 spiro atoms. The second-order valence-corrected chi connectivity index (χ2v) is 9.26. The zero-order valence-corrected chi connectivity index (χ0v) is 21.4. The molecule has 2 aromatic carbocycles. The second kappa shape index (κ2) is 14.3. The molecule has 0 radical (unpaired) electrons. The summed E-state index contributed by atoms with van der Waals surface area (Å²) in [7, 11) is 1.34. The molecule has 0 aliphatic carbocycles. The fourth-order valence-corrected chi connectivity index (χ4v) is 4.62. The summed E-state index contributed by atoms with van der Waals surface area (Å²) >= 11 is 0. The summed E-state index contributed by atoms with van der Waals surface area (Å²) in [6.45, 7) is 4.12. The van der Waals surface area contributed by atoms with Crippen LogP contribution >= 0.6 is 0 Å². The van der Waals surface area contributed by atoms with Gasteiger partial charge in [-0.3, -0.25) is 14.4 Å². The number of likely N-dealkylation sites (tertiary alicyclic amines) is 1. The van der Waals surface area contributed by atoms with E-state index >= 15 is 0 Å². The Hall–Kier alpha value is -3.35. The van der Waals surface area contributed by atoms with Crippen LogP contribution in [-0.4, -0.2) is 49.4 Å². The fraction of sp³-hybridized carbons (Fsp3) is 0.483. The largest absolute Gasteiger partial charge is 0.489 e. The zero-order valence-electron chi connectivity index (χ0n) is 21.4. The minimum Gasteiger partial charge on any atom is -0.489 e. The molecule has 1 atom stereocenters. The number of piperidine rings is 1. The molecule has 1 N–H and O–H groups in total. The van der Waals surface area contributed by atoms with Crippen LogP contribution in [0.5, 0.6) is 5.75 Å². The van der Waals surface area contributed by atoms with Crippen LogP contribution < -0.4 is 10.1 Å². The highest BCUT2D eigenvalue weighted by Gasteiger charge is 2.33. The molecule has 194 valence electrons. The highest BCUT2D eigenvalue weighted by atomic mass is 16.5. The smallest absolute Gasteiger partial charge is 0.307 e. The second-order valence-electron chi connectivity index (χ2n) is 9.26. The molecule has 0 saturated carbocycles. The Balaban J connectivity index is 1.66. The summed E-state index contributed by atoms with van der Waals surface area (Å²) in [5.41, 5.74) is 2.00. The van der Waals surface area contributed by atoms with Gasteiger partial charge in [-0.15, -0.1) is 0 Å². The van der Waals surface area contributed by atoms with Crippen LogP contribution in [0.3, 0.4) is 0 Å². The maximum absolute atomic E-state index is 13.3. The number of hydrogen-bond donors (Lipinski definition) is 1. The molecule has 1 heterocycles. The van der Waals surface area contributed by atoms with Crippen molar-refractivity contribution in [1.29, 1.82) is 0 Å². The molecule has 7 nitrogen and oxygen atoms in total. The molecule has 2 amide bonds. The number of ether oxygens (including phenoxy) is 2. The topological polar surface area (TPSA) is 84.9 Å². The maximum Gasteiger partial charge on any atom is 0.307 e. The summed E-state index contributed by atoms with van der Waals surface area (Å²) < 4.78 is 10.6. The molecule has 7 heteroatoms. The van der Waals surface area contributed by atoms with E-state index in [1.54, 1.807) is 0 Å². The number of rotatable bonds is 12. The molecular formula is C29H38N2O5. The number of nitrogens with zero attached hydrogens (tertiary/aromatic N) is 1. The number of esters is 1. The third kappa shape index (κ3) is 8.11. The van der Waals surface area contributed by atoms with Crippen molar-refractivity contribution in [3.8, 4) is 5.75 Å². The van der Waals surface area contributed by atoms with E-state index in [0.29, 0.717) is 26.1 Å². The van der Waals surface area contributed by atoms with Crippen molar-refractivity contribution in [1.82, 2.24) is 10.2 Å². The van der Waals surface area contributed by atoms with Crippen LogP contribution in [0.15, 0.2) is 54.6 Å². The Kier molecular flexibility index (Phi) is 10.8. The van der Waals surface area contributed by atoms with Crippen LogP contribution in [0.2, 0.25) is 0 Å². The number of carbonyl (C=O) groups is 3. The van der Waals surface area contributed by atoms with E-state index in [0.717, 1.165) is 42.6 Å². The zero-order chi connectivity index (χ0) is 25.8. The Labute approximate surface area is 214 Å². The van der Waals surface area contributed by atoms with Crippen molar-refractivity contribution >= 4 is 17.8 Å². The van der Waals surface area contributed by atoms with Gasteiger partial charge in [0.1, 0.15) is 12.4 Å². The summed E-state index contributed by atoms with van der Waals surface area (Å²) in [6, 6.07) is 17.7. The van der Waals surface area contributed by atoms with E-state index in [1.165, 1.54) is 7.11 Å². The first-order chi connectivity index (χ1) is 17.5. The third-order valence-electron chi connectivity index (χ3n) is 6.73. The van der Waals surface area contributed by atoms with Crippen molar-refractivity contribution in [3.63, 3.8) is 0 Å². The summed E-state index contributed by atoms with van der Waals surface area (Å²) in [4.78, 5) is 39.2. The molecule has 36 heavy (non-hydrogen) atoms. The van der Waals surface area contributed by atoms with Gasteiger partial charge in [0.25, 0.3) is 0 Å². The lowest BCUT2D eigenvalue weighted by Gasteiger charge is -2.36. The van der Waals surface area contributed by atoms with Gasteiger partial charge in [0.05, 0.1) is 19.4 Å². The minimum absolute atomic E-state index is 0.104. The quantitative estimate of drug-likeness (QED) is 0.441. The van der Waals surface area contributed by atoms with E-state index in [9.17, 15) is 14.4 Å². The molecule has 0 aromatic heterocycles. The summed E-state index contributed by atoms with van der Waals surface area (Å²) in [5.74, 6) is 0.226. The van der Waals surface area contributed by atoms with Crippen molar-refractivity contribution in [3.05, 3.63) is 65.7 Å². The van der Waals surface area contributed by atoms with Gasteiger partial charge in [0, 0.05) is 26.1 Å². The Bertz CT molecular complexity index is 969. The van der Waals surface area contributed by atoms with Gasteiger partial charge in [-0.2, -0.15) is 0 Å². The molecule has 3 rings (SSSR count). The first-order valence-corrected chi connectivity index (χ1v) is 12.9. The van der Waals surface area contributed by atoms with Crippen LogP contribution in [0.25, 0.3) is 0 Å². The van der Waals surface area contributed by atoms with Gasteiger partial charge in [0.2, 0.25) is 11.8 Å². The van der Waals surface area contributed by atoms with Crippen LogP contribution in [0.4, 0.5) is 0 Å². The monoisotopic (exact) mass is 494 g/mol. The maximum atomic E-state index is 13.3. The number of amides is 2. The van der Waals surface area contributed by atoms with Crippen molar-refractivity contribution in [2.45, 2.75) is 58.0 Å². The number of carbonyl (C=O) groups excluding carboxylic acids is 3. The standard InChI is InChI=1S/C29H38N2O5/c1-3-4-10-26(32)31-19-16-24(17-20-31)28(29(34)30-18-15-27(33)35-2)23-11-13-25(14-12-23)36-21-22-8-6-5-7-9-22/h5-9,11-14,24,28H,3-4,10,15-21H2,1-2H3,(H,30,34)/t28-/m1/s1. The van der Waals surface area contributed by atoms with Crippen LogP contribution in [0, 0.1) is 5.92 Å². The lowest BCUT2D eigenvalue weighted by Crippen LogP contribution is -2.42. The minimum atomic E-state index is -0.362. The number of unbranched alkanes of at least 4 members (excludes halogenated alkanes) is 1. The highest BCUT2D eigenvalue weighted by Crippen LogP contribution is 2.34. The predicted molar refractivity (Wildman–Crippen MR) is 138 cm³/mol. The molecule has 0 unspecified atom stereocenters. The normalized spacial score (nSPS) is 14.7. The molecular weight excluding hydrogens is 456 g/mol. The SMILES string of the molecule is CCCCC(=O)N1CCC([C@H](C(=O)NCCC(=O)OC)c2ccc(OCc3ccccc3)cc2)CC1. The summed E-state index contributed by atoms with van der Waals surface area (Å²) in [5, 5.41) is 2.92. The lowest BCUT2D eigenvalue weighted by molar-refractivity contribution is -0.140. The lowest BCUT2D eigenvalue weighted by atomic mass is 9.79. The predicted octanol–water partition coefficient (Wildman–Crippen LogP) is 4.46. The number of nitrogens with one attached hydrogen (secondary N) is 1. The van der Waals surface area contributed by atoms with Crippen LogP contribution in [-0.2, 0) is 25.7 Å².